The highest BCUT2D eigenvalue weighted by Gasteiger charge is 2.34. The maximum Gasteiger partial charge on any atom is 0.258 e. The van der Waals surface area contributed by atoms with E-state index in [1.807, 2.05) is 32.0 Å². The van der Waals surface area contributed by atoms with Gasteiger partial charge < -0.3 is 19.5 Å². The molecule has 0 aromatic heterocycles. The Morgan fingerprint density at radius 1 is 1.23 bits per heavy atom. The van der Waals surface area contributed by atoms with E-state index >= 15 is 0 Å². The molecule has 2 aromatic rings. The number of benzene rings is 2. The number of methoxy groups -OCH3 is 1. The van der Waals surface area contributed by atoms with Crippen LogP contribution in [0.2, 0.25) is 0 Å². The summed E-state index contributed by atoms with van der Waals surface area (Å²) in [6, 6.07) is 10.9. The number of carbonyl (C=O) groups is 1. The summed E-state index contributed by atoms with van der Waals surface area (Å²) in [6.07, 6.45) is 0.634. The third-order valence-electron chi connectivity index (χ3n) is 4.20. The van der Waals surface area contributed by atoms with Crippen molar-refractivity contribution in [3.05, 3.63) is 53.8 Å². The number of nitrogens with one attached hydrogen (secondary N) is 1. The summed E-state index contributed by atoms with van der Waals surface area (Å²) in [5.41, 5.74) is 0.482. The molecule has 3 rings (SSSR count). The number of fused-ring (bicyclic) bond motifs is 1. The van der Waals surface area contributed by atoms with Crippen LogP contribution >= 0.6 is 0 Å². The average Bonchev–Trinajstić information content (AvgIpc) is 2.59. The Kier molecular flexibility index (Phi) is 5.02. The highest BCUT2D eigenvalue weighted by atomic mass is 19.1. The van der Waals surface area contributed by atoms with Crippen molar-refractivity contribution in [1.29, 1.82) is 0 Å². The van der Waals surface area contributed by atoms with Crippen LogP contribution in [-0.2, 0) is 4.79 Å². The van der Waals surface area contributed by atoms with Crippen molar-refractivity contribution in [3.63, 3.8) is 0 Å². The van der Waals surface area contributed by atoms with Crippen LogP contribution in [0.3, 0.4) is 0 Å². The van der Waals surface area contributed by atoms with Gasteiger partial charge in [0.15, 0.2) is 6.61 Å². The normalized spacial score (nSPS) is 17.6. The summed E-state index contributed by atoms with van der Waals surface area (Å²) in [5.74, 6) is 1.24. The lowest BCUT2D eigenvalue weighted by Crippen LogP contribution is -2.42. The maximum absolute atomic E-state index is 12.9. The van der Waals surface area contributed by atoms with Gasteiger partial charge in [0, 0.05) is 18.1 Å². The molecular formula is C20H22FNO4. The topological polar surface area (TPSA) is 56.8 Å². The number of rotatable bonds is 5. The lowest BCUT2D eigenvalue weighted by Gasteiger charge is -2.38. The molecule has 1 N–H and O–H groups in total. The van der Waals surface area contributed by atoms with E-state index in [1.54, 1.807) is 7.11 Å². The predicted molar refractivity (Wildman–Crippen MR) is 95.1 cm³/mol. The molecule has 26 heavy (non-hydrogen) atoms. The first-order valence-corrected chi connectivity index (χ1v) is 8.41. The van der Waals surface area contributed by atoms with Crippen LogP contribution in [0, 0.1) is 5.82 Å². The summed E-state index contributed by atoms with van der Waals surface area (Å²) >= 11 is 0. The fraction of sp³-hybridized carbons (Fsp3) is 0.350. The Bertz CT molecular complexity index is 789. The SMILES string of the molecule is COc1ccc2c(c1)OC(C)(C)C[C@H]2NC(=O)COc1ccc(F)cc1. The minimum absolute atomic E-state index is 0.144. The van der Waals surface area contributed by atoms with Crippen molar-refractivity contribution in [3.8, 4) is 17.2 Å². The highest BCUT2D eigenvalue weighted by Crippen LogP contribution is 2.41. The molecule has 0 unspecified atom stereocenters. The van der Waals surface area contributed by atoms with Crippen molar-refractivity contribution in [2.75, 3.05) is 13.7 Å². The number of hydrogen-bond donors (Lipinski definition) is 1. The molecule has 2 aromatic carbocycles. The number of halogens is 1. The van der Waals surface area contributed by atoms with Crippen molar-refractivity contribution >= 4 is 5.91 Å². The average molecular weight is 359 g/mol. The Hall–Kier alpha value is -2.76. The number of ether oxygens (including phenoxy) is 3. The molecule has 1 amide bonds. The van der Waals surface area contributed by atoms with Crippen molar-refractivity contribution < 1.29 is 23.4 Å². The molecule has 0 saturated carbocycles. The zero-order valence-corrected chi connectivity index (χ0v) is 15.0. The van der Waals surface area contributed by atoms with Gasteiger partial charge in [0.25, 0.3) is 5.91 Å². The molecule has 0 spiro atoms. The van der Waals surface area contributed by atoms with E-state index in [-0.39, 0.29) is 24.4 Å². The van der Waals surface area contributed by atoms with Crippen molar-refractivity contribution in [1.82, 2.24) is 5.32 Å². The molecule has 0 saturated heterocycles. The monoisotopic (exact) mass is 359 g/mol. The number of amides is 1. The zero-order valence-electron chi connectivity index (χ0n) is 15.0. The molecule has 1 atom stereocenters. The molecule has 1 aliphatic rings. The fourth-order valence-corrected chi connectivity index (χ4v) is 3.00. The summed E-state index contributed by atoms with van der Waals surface area (Å²) in [4.78, 5) is 12.3. The van der Waals surface area contributed by atoms with E-state index in [0.717, 1.165) is 5.56 Å². The largest absolute Gasteiger partial charge is 0.497 e. The first-order chi connectivity index (χ1) is 12.4. The molecular weight excluding hydrogens is 337 g/mol. The van der Waals surface area contributed by atoms with Gasteiger partial charge in [0.2, 0.25) is 0 Å². The van der Waals surface area contributed by atoms with Crippen LogP contribution < -0.4 is 19.5 Å². The number of hydrogen-bond acceptors (Lipinski definition) is 4. The first kappa shape index (κ1) is 18.0. The highest BCUT2D eigenvalue weighted by molar-refractivity contribution is 5.78. The Labute approximate surface area is 152 Å². The first-order valence-electron chi connectivity index (χ1n) is 8.41. The lowest BCUT2D eigenvalue weighted by molar-refractivity contribution is -0.124. The molecule has 1 heterocycles. The van der Waals surface area contributed by atoms with Crippen LogP contribution in [0.15, 0.2) is 42.5 Å². The van der Waals surface area contributed by atoms with Gasteiger partial charge >= 0.3 is 0 Å². The minimum atomic E-state index is -0.422. The van der Waals surface area contributed by atoms with Gasteiger partial charge in [-0.05, 0) is 50.2 Å². The van der Waals surface area contributed by atoms with Crippen LogP contribution in [0.25, 0.3) is 0 Å². The van der Waals surface area contributed by atoms with E-state index in [2.05, 4.69) is 5.32 Å². The predicted octanol–water partition coefficient (Wildman–Crippen LogP) is 3.63. The second kappa shape index (κ2) is 7.23. The van der Waals surface area contributed by atoms with Crippen molar-refractivity contribution in [2.24, 2.45) is 0 Å². The summed E-state index contributed by atoms with van der Waals surface area (Å²) in [6.45, 7) is 3.81. The van der Waals surface area contributed by atoms with E-state index in [1.165, 1.54) is 24.3 Å². The lowest BCUT2D eigenvalue weighted by atomic mass is 9.89. The van der Waals surface area contributed by atoms with Gasteiger partial charge in [-0.25, -0.2) is 4.39 Å². The van der Waals surface area contributed by atoms with E-state index < -0.39 is 5.60 Å². The molecule has 0 fully saturated rings. The van der Waals surface area contributed by atoms with Crippen LogP contribution in [0.1, 0.15) is 31.9 Å². The van der Waals surface area contributed by atoms with E-state index in [9.17, 15) is 9.18 Å². The van der Waals surface area contributed by atoms with Crippen LogP contribution in [0.5, 0.6) is 17.2 Å². The third kappa shape index (κ3) is 4.25. The van der Waals surface area contributed by atoms with Gasteiger partial charge in [0.1, 0.15) is 28.7 Å². The van der Waals surface area contributed by atoms with E-state index in [0.29, 0.717) is 23.7 Å². The molecule has 1 aliphatic heterocycles. The fourth-order valence-electron chi connectivity index (χ4n) is 3.00. The van der Waals surface area contributed by atoms with Crippen LogP contribution in [0.4, 0.5) is 4.39 Å². The van der Waals surface area contributed by atoms with Gasteiger partial charge in [-0.1, -0.05) is 0 Å². The molecule has 5 nitrogen and oxygen atoms in total. The third-order valence-corrected chi connectivity index (χ3v) is 4.20. The quantitative estimate of drug-likeness (QED) is 0.886. The van der Waals surface area contributed by atoms with Gasteiger partial charge in [0.05, 0.1) is 13.2 Å². The summed E-state index contributed by atoms with van der Waals surface area (Å²) < 4.78 is 29.6. The minimum Gasteiger partial charge on any atom is -0.497 e. The van der Waals surface area contributed by atoms with Gasteiger partial charge in [-0.15, -0.1) is 0 Å². The maximum atomic E-state index is 12.9. The van der Waals surface area contributed by atoms with Crippen LogP contribution in [-0.4, -0.2) is 25.2 Å². The van der Waals surface area contributed by atoms with Gasteiger partial charge in [-0.2, -0.15) is 0 Å². The zero-order chi connectivity index (χ0) is 18.7. The Balaban J connectivity index is 1.68. The summed E-state index contributed by atoms with van der Waals surface area (Å²) in [7, 11) is 1.60. The van der Waals surface area contributed by atoms with Crippen molar-refractivity contribution in [2.45, 2.75) is 31.9 Å². The second-order valence-corrected chi connectivity index (χ2v) is 6.83. The summed E-state index contributed by atoms with van der Waals surface area (Å²) in [5, 5.41) is 2.99. The molecule has 0 aliphatic carbocycles. The number of carbonyl (C=O) groups excluding carboxylic acids is 1. The smallest absolute Gasteiger partial charge is 0.258 e. The Morgan fingerprint density at radius 2 is 1.92 bits per heavy atom. The molecule has 138 valence electrons. The van der Waals surface area contributed by atoms with Gasteiger partial charge in [-0.3, -0.25) is 4.79 Å². The molecule has 0 radical (unpaired) electrons. The molecule has 0 bridgehead atoms. The Morgan fingerprint density at radius 3 is 2.62 bits per heavy atom. The standard InChI is InChI=1S/C20H22FNO4/c1-20(2)11-17(16-9-8-15(24-3)10-18(16)26-20)22-19(23)12-25-14-6-4-13(21)5-7-14/h4-10,17H,11-12H2,1-3H3,(H,22,23)/t17-/m1/s1. The van der Waals surface area contributed by atoms with E-state index in [4.69, 9.17) is 14.2 Å². The second-order valence-electron chi connectivity index (χ2n) is 6.83. The molecule has 6 heteroatoms.